The standard InChI is InChI=1S/C78H52N6O18S2/c1-45-55(37-79)67(85)83(75(93)99-43-51-29-17-7-18-30-51)69(87)63(45)81-61-35-57-65(103-61)53-33-60-54(34-59(53)101-77(57,71(89)95-39-47-21-9-3-10-22-47)72(90)96-40-48-23-11-4-12-24-48)66-58(78(102-60,73(91)97-41-49-25-13-5-14-26-49)74(92)98-42-50-27-15-6-16-28-50)36-62(104-66)82-64-46(2)56(38-80)68(86)84(70(64)88)76(94)100-44-52-31-19-8-20-32-52/h3-36H,39-44H2,1-2H3/b81-63+,82-64+. The second-order valence-corrected chi connectivity index (χ2v) is 25.5. The molecule has 0 radical (unpaired) electrons. The number of esters is 4. The number of nitrogens with zero attached hydrogens (tertiary/aromatic N) is 6. The molecule has 0 saturated carbocycles. The van der Waals surface area contributed by atoms with E-state index < -0.39 is 120 Å². The SMILES string of the molecule is CC1=C(C#N)C(=O)N(C(=O)OCc2ccccc2)C(=O)/C1=N/c1cc2c(s1)-c1cc3c(cc1OC2(C(=O)OCc1ccccc1)C(=O)OCc1ccccc1)-c1sc(/N=C2/C(=O)N(C(=O)OCc4ccccc4)C(=O)C(C#N)=C2C)cc1C(C(=O)OCc1ccccc1)(C(=O)OCc1ccccc1)O3. The Bertz CT molecular complexity index is 4820. The van der Waals surface area contributed by atoms with Crippen LogP contribution in [0.3, 0.4) is 0 Å². The Hall–Kier alpha value is -13.6. The number of carbonyl (C=O) groups excluding carboxylic acids is 10. The highest BCUT2D eigenvalue weighted by molar-refractivity contribution is 7.20. The van der Waals surface area contributed by atoms with Gasteiger partial charge in [-0.05, 0) is 71.5 Å². The molecule has 0 spiro atoms. The fraction of sp³-hybridized carbons (Fsp3) is 0.128. The second-order valence-electron chi connectivity index (χ2n) is 23.4. The van der Waals surface area contributed by atoms with Crippen LogP contribution in [0.2, 0.25) is 0 Å². The number of carbonyl (C=O) groups is 10. The fourth-order valence-electron chi connectivity index (χ4n) is 11.5. The molecular weight excluding hydrogens is 1370 g/mol. The van der Waals surface area contributed by atoms with Crippen LogP contribution < -0.4 is 9.47 Å². The van der Waals surface area contributed by atoms with Crippen LogP contribution in [-0.4, -0.2) is 80.9 Å². The quantitative estimate of drug-likeness (QED) is 0.0333. The minimum atomic E-state index is -2.98. The van der Waals surface area contributed by atoms with Crippen molar-refractivity contribution in [3.8, 4) is 44.5 Å². The van der Waals surface area contributed by atoms with Crippen LogP contribution in [0.4, 0.5) is 19.6 Å². The average Bonchev–Trinajstić information content (AvgIpc) is 1.40. The molecule has 26 heteroatoms. The molecule has 13 rings (SSSR count). The maximum atomic E-state index is 15.6. The zero-order chi connectivity index (χ0) is 72.8. The number of benzene rings is 7. The molecule has 0 unspecified atom stereocenters. The maximum Gasteiger partial charge on any atom is 0.424 e. The number of hydrogen-bond acceptors (Lipinski definition) is 24. The van der Waals surface area contributed by atoms with Gasteiger partial charge in [-0.3, -0.25) is 19.2 Å². The molecule has 0 aliphatic carbocycles. The van der Waals surface area contributed by atoms with Crippen LogP contribution in [0.1, 0.15) is 58.4 Å². The fourth-order valence-corrected chi connectivity index (χ4v) is 13.7. The molecule has 0 saturated heterocycles. The zero-order valence-electron chi connectivity index (χ0n) is 54.7. The topological polar surface area (TPSA) is 323 Å². The number of hydrogen-bond donors (Lipinski definition) is 0. The summed E-state index contributed by atoms with van der Waals surface area (Å²) < 4.78 is 48.7. The van der Waals surface area contributed by atoms with Crippen molar-refractivity contribution in [2.45, 2.75) is 64.7 Å². The summed E-state index contributed by atoms with van der Waals surface area (Å²) in [6.45, 7) is 0.0210. The minimum Gasteiger partial charge on any atom is -0.459 e. The van der Waals surface area contributed by atoms with Gasteiger partial charge in [0.1, 0.15) is 95.9 Å². The van der Waals surface area contributed by atoms with Crippen molar-refractivity contribution in [1.82, 2.24) is 9.80 Å². The highest BCUT2D eigenvalue weighted by atomic mass is 32.1. The van der Waals surface area contributed by atoms with E-state index in [9.17, 15) is 39.3 Å². The summed E-state index contributed by atoms with van der Waals surface area (Å²) in [6, 6.07) is 59.0. The Morgan fingerprint density at radius 2 is 0.654 bits per heavy atom. The predicted octanol–water partition coefficient (Wildman–Crippen LogP) is 12.5. The number of thiophene rings is 2. The summed E-state index contributed by atoms with van der Waals surface area (Å²) >= 11 is 1.45. The Morgan fingerprint density at radius 3 is 0.913 bits per heavy atom. The van der Waals surface area contributed by atoms with Gasteiger partial charge in [-0.1, -0.05) is 182 Å². The zero-order valence-corrected chi connectivity index (χ0v) is 56.4. The van der Waals surface area contributed by atoms with Gasteiger partial charge in [-0.2, -0.15) is 20.3 Å². The van der Waals surface area contributed by atoms with Crippen molar-refractivity contribution in [3.63, 3.8) is 0 Å². The molecule has 7 aromatic carbocycles. The summed E-state index contributed by atoms with van der Waals surface area (Å²) in [5, 5.41) is 20.4. The Kier molecular flexibility index (Phi) is 19.4. The summed E-state index contributed by atoms with van der Waals surface area (Å²) in [6.07, 6.45) is -2.87. The molecule has 104 heavy (non-hydrogen) atoms. The van der Waals surface area contributed by atoms with Crippen molar-refractivity contribution in [2.75, 3.05) is 0 Å². The van der Waals surface area contributed by atoms with Crippen LogP contribution >= 0.6 is 22.7 Å². The van der Waals surface area contributed by atoms with E-state index in [0.717, 1.165) is 22.7 Å². The third kappa shape index (κ3) is 13.2. The average molecular weight is 1430 g/mol. The summed E-state index contributed by atoms with van der Waals surface area (Å²) in [5.74, 6) is -11.2. The van der Waals surface area contributed by atoms with Gasteiger partial charge in [-0.15, -0.1) is 22.7 Å². The number of ether oxygens (including phenoxy) is 8. The molecule has 0 N–H and O–H groups in total. The number of nitriles is 2. The molecule has 2 aromatic heterocycles. The van der Waals surface area contributed by atoms with Gasteiger partial charge in [0.2, 0.25) is 0 Å². The van der Waals surface area contributed by atoms with E-state index in [2.05, 4.69) is 9.98 Å². The van der Waals surface area contributed by atoms with Gasteiger partial charge < -0.3 is 37.9 Å². The smallest absolute Gasteiger partial charge is 0.424 e. The largest absolute Gasteiger partial charge is 0.459 e. The van der Waals surface area contributed by atoms with Gasteiger partial charge in [-0.25, -0.2) is 38.8 Å². The lowest BCUT2D eigenvalue weighted by atomic mass is 9.85. The molecule has 0 atom stereocenters. The van der Waals surface area contributed by atoms with Crippen molar-refractivity contribution < 1.29 is 85.8 Å². The number of amides is 6. The molecule has 9 aromatic rings. The number of aliphatic imine (C=N–C) groups is 2. The van der Waals surface area contributed by atoms with Gasteiger partial charge in [0, 0.05) is 43.2 Å². The minimum absolute atomic E-state index is 0.0371. The third-order valence-corrected chi connectivity index (χ3v) is 19.0. The van der Waals surface area contributed by atoms with Crippen LogP contribution in [-0.2, 0) is 118 Å². The molecule has 6 amide bonds. The van der Waals surface area contributed by atoms with Crippen LogP contribution in [0, 0.1) is 22.7 Å². The van der Waals surface area contributed by atoms with Crippen molar-refractivity contribution in [1.29, 1.82) is 10.5 Å². The lowest BCUT2D eigenvalue weighted by Crippen LogP contribution is -2.52. The molecule has 6 heterocycles. The van der Waals surface area contributed by atoms with Crippen LogP contribution in [0.15, 0.2) is 239 Å². The van der Waals surface area contributed by atoms with E-state index in [4.69, 9.17) is 37.9 Å². The Balaban J connectivity index is 1.01. The second kappa shape index (κ2) is 29.3. The van der Waals surface area contributed by atoms with E-state index >= 15 is 19.2 Å². The first-order valence-corrected chi connectivity index (χ1v) is 33.3. The van der Waals surface area contributed by atoms with Gasteiger partial charge in [0.25, 0.3) is 23.6 Å². The Morgan fingerprint density at radius 1 is 0.394 bits per heavy atom. The van der Waals surface area contributed by atoms with Crippen molar-refractivity contribution >= 4 is 104 Å². The normalized spacial score (nSPS) is 15.4. The summed E-state index contributed by atoms with van der Waals surface area (Å²) in [4.78, 5) is 157. The lowest BCUT2D eigenvalue weighted by molar-refractivity contribution is -0.185. The molecule has 0 fully saturated rings. The first-order valence-electron chi connectivity index (χ1n) is 31.7. The van der Waals surface area contributed by atoms with E-state index in [1.807, 2.05) is 0 Å². The molecule has 24 nitrogen and oxygen atoms in total. The monoisotopic (exact) mass is 1420 g/mol. The first-order chi connectivity index (χ1) is 50.4. The number of rotatable bonds is 18. The molecule has 514 valence electrons. The van der Waals surface area contributed by atoms with Gasteiger partial charge >= 0.3 is 47.3 Å². The van der Waals surface area contributed by atoms with E-state index in [-0.39, 0.29) is 87.7 Å². The van der Waals surface area contributed by atoms with Crippen molar-refractivity contribution in [3.05, 3.63) is 273 Å². The van der Waals surface area contributed by atoms with Crippen LogP contribution in [0.25, 0.3) is 20.9 Å². The summed E-state index contributed by atoms with van der Waals surface area (Å²) in [5.41, 5.74) is -6.83. The third-order valence-electron chi connectivity index (χ3n) is 16.8. The number of imide groups is 6. The maximum absolute atomic E-state index is 15.6. The van der Waals surface area contributed by atoms with Crippen LogP contribution in [0.5, 0.6) is 11.5 Å². The van der Waals surface area contributed by atoms with E-state index in [1.54, 1.807) is 194 Å². The van der Waals surface area contributed by atoms with E-state index in [0.29, 0.717) is 33.4 Å². The molecule has 4 aliphatic heterocycles. The molecular formula is C78H52N6O18S2. The molecule has 4 aliphatic rings. The van der Waals surface area contributed by atoms with Crippen molar-refractivity contribution in [2.24, 2.45) is 9.98 Å². The molecule has 0 bridgehead atoms. The number of fused-ring (bicyclic) bond motifs is 6. The van der Waals surface area contributed by atoms with Gasteiger partial charge in [0.15, 0.2) is 0 Å². The first kappa shape index (κ1) is 68.9. The summed E-state index contributed by atoms with van der Waals surface area (Å²) in [7, 11) is 0. The predicted molar refractivity (Wildman–Crippen MR) is 370 cm³/mol. The Labute approximate surface area is 599 Å². The lowest BCUT2D eigenvalue weighted by Gasteiger charge is -2.37. The highest BCUT2D eigenvalue weighted by Gasteiger charge is 2.61. The van der Waals surface area contributed by atoms with Gasteiger partial charge in [0.05, 0.1) is 0 Å². The highest BCUT2D eigenvalue weighted by Crippen LogP contribution is 2.59. The van der Waals surface area contributed by atoms with E-state index in [1.165, 1.54) is 38.1 Å².